The standard InChI is InChI=1S/C12H20N2O3/c1-4-6-13(5-2)12(17)14-7-9(3)10(8-14)11(15)16/h4,9-10H,1,5-8H2,2-3H3,(H,15,16)/t9-,10-/m1/s1. The van der Waals surface area contributed by atoms with Gasteiger partial charge in [-0.25, -0.2) is 4.79 Å². The molecular formula is C12H20N2O3. The minimum atomic E-state index is -0.820. The van der Waals surface area contributed by atoms with E-state index < -0.39 is 11.9 Å². The number of carbonyl (C=O) groups excluding carboxylic acids is 1. The first-order valence-corrected chi connectivity index (χ1v) is 5.88. The Hall–Kier alpha value is -1.52. The first kappa shape index (κ1) is 13.5. The Labute approximate surface area is 102 Å². The lowest BCUT2D eigenvalue weighted by molar-refractivity contribution is -0.142. The Morgan fingerprint density at radius 1 is 1.53 bits per heavy atom. The molecule has 0 bridgehead atoms. The Morgan fingerprint density at radius 3 is 2.59 bits per heavy atom. The van der Waals surface area contributed by atoms with Crippen molar-refractivity contribution in [1.29, 1.82) is 0 Å². The lowest BCUT2D eigenvalue weighted by atomic mass is 9.99. The van der Waals surface area contributed by atoms with E-state index in [2.05, 4.69) is 6.58 Å². The smallest absolute Gasteiger partial charge is 0.320 e. The van der Waals surface area contributed by atoms with Crippen molar-refractivity contribution in [2.75, 3.05) is 26.2 Å². The highest BCUT2D eigenvalue weighted by molar-refractivity contribution is 5.77. The van der Waals surface area contributed by atoms with Gasteiger partial charge in [-0.2, -0.15) is 0 Å². The molecule has 96 valence electrons. The zero-order chi connectivity index (χ0) is 13.0. The molecule has 5 nitrogen and oxygen atoms in total. The van der Waals surface area contributed by atoms with Gasteiger partial charge < -0.3 is 14.9 Å². The van der Waals surface area contributed by atoms with Crippen molar-refractivity contribution in [2.45, 2.75) is 13.8 Å². The van der Waals surface area contributed by atoms with Crippen LogP contribution >= 0.6 is 0 Å². The van der Waals surface area contributed by atoms with Gasteiger partial charge in [0.25, 0.3) is 0 Å². The molecule has 0 spiro atoms. The van der Waals surface area contributed by atoms with Crippen molar-refractivity contribution < 1.29 is 14.7 Å². The number of likely N-dealkylation sites (N-methyl/N-ethyl adjacent to an activating group) is 1. The molecule has 1 aliphatic rings. The molecule has 1 saturated heterocycles. The van der Waals surface area contributed by atoms with Crippen LogP contribution in [0.25, 0.3) is 0 Å². The Bertz CT molecular complexity index is 317. The van der Waals surface area contributed by atoms with Crippen molar-refractivity contribution in [1.82, 2.24) is 9.80 Å². The second kappa shape index (κ2) is 5.70. The van der Waals surface area contributed by atoms with Crippen LogP contribution in [0.1, 0.15) is 13.8 Å². The molecule has 1 aliphatic heterocycles. The third kappa shape index (κ3) is 2.99. The lowest BCUT2D eigenvalue weighted by Crippen LogP contribution is -2.42. The van der Waals surface area contributed by atoms with Gasteiger partial charge in [0.1, 0.15) is 0 Å². The van der Waals surface area contributed by atoms with Crippen LogP contribution < -0.4 is 0 Å². The van der Waals surface area contributed by atoms with E-state index in [1.165, 1.54) is 0 Å². The summed E-state index contributed by atoms with van der Waals surface area (Å²) in [4.78, 5) is 26.3. The average molecular weight is 240 g/mol. The topological polar surface area (TPSA) is 60.9 Å². The molecule has 1 rings (SSSR count). The fraction of sp³-hybridized carbons (Fsp3) is 0.667. The van der Waals surface area contributed by atoms with Crippen molar-refractivity contribution >= 4 is 12.0 Å². The number of rotatable bonds is 4. The minimum absolute atomic E-state index is 0.0129. The second-order valence-electron chi connectivity index (χ2n) is 4.44. The van der Waals surface area contributed by atoms with Crippen LogP contribution in [-0.4, -0.2) is 53.1 Å². The Kier molecular flexibility index (Phi) is 4.54. The van der Waals surface area contributed by atoms with Crippen molar-refractivity contribution in [3.8, 4) is 0 Å². The number of likely N-dealkylation sites (tertiary alicyclic amines) is 1. The molecule has 2 amide bonds. The largest absolute Gasteiger partial charge is 0.481 e. The van der Waals surface area contributed by atoms with E-state index in [0.717, 1.165) is 0 Å². The van der Waals surface area contributed by atoms with E-state index in [0.29, 0.717) is 26.2 Å². The maximum atomic E-state index is 12.1. The van der Waals surface area contributed by atoms with Gasteiger partial charge in [0.2, 0.25) is 0 Å². The number of aliphatic carboxylic acids is 1. The fourth-order valence-corrected chi connectivity index (χ4v) is 2.14. The SMILES string of the molecule is C=CCN(CC)C(=O)N1C[C@@H](C)[C@H](C(=O)O)C1. The van der Waals surface area contributed by atoms with E-state index in [-0.39, 0.29) is 11.9 Å². The van der Waals surface area contributed by atoms with Gasteiger partial charge in [-0.1, -0.05) is 13.0 Å². The molecule has 0 aromatic rings. The van der Waals surface area contributed by atoms with Gasteiger partial charge in [-0.05, 0) is 12.8 Å². The molecule has 17 heavy (non-hydrogen) atoms. The van der Waals surface area contributed by atoms with Crippen LogP contribution in [0.3, 0.4) is 0 Å². The number of amides is 2. The van der Waals surface area contributed by atoms with Crippen LogP contribution in [0.2, 0.25) is 0 Å². The number of urea groups is 1. The molecule has 1 N–H and O–H groups in total. The molecule has 1 heterocycles. The summed E-state index contributed by atoms with van der Waals surface area (Å²) in [5.41, 5.74) is 0. The molecule has 0 aromatic heterocycles. The van der Waals surface area contributed by atoms with Crippen molar-refractivity contribution in [3.05, 3.63) is 12.7 Å². The maximum absolute atomic E-state index is 12.1. The summed E-state index contributed by atoms with van der Waals surface area (Å²) in [6.45, 7) is 9.31. The zero-order valence-electron chi connectivity index (χ0n) is 10.4. The maximum Gasteiger partial charge on any atom is 0.320 e. The van der Waals surface area contributed by atoms with Crippen LogP contribution in [0.5, 0.6) is 0 Å². The van der Waals surface area contributed by atoms with Crippen LogP contribution in [0, 0.1) is 11.8 Å². The van der Waals surface area contributed by atoms with Gasteiger partial charge in [-0.3, -0.25) is 4.79 Å². The van der Waals surface area contributed by atoms with Gasteiger partial charge in [0, 0.05) is 26.2 Å². The van der Waals surface area contributed by atoms with E-state index in [4.69, 9.17) is 5.11 Å². The quantitative estimate of drug-likeness (QED) is 0.753. The molecular weight excluding hydrogens is 220 g/mol. The molecule has 1 fully saturated rings. The van der Waals surface area contributed by atoms with Gasteiger partial charge in [0.15, 0.2) is 0 Å². The number of hydrogen-bond acceptors (Lipinski definition) is 2. The molecule has 0 unspecified atom stereocenters. The highest BCUT2D eigenvalue weighted by Crippen LogP contribution is 2.24. The number of nitrogens with zero attached hydrogens (tertiary/aromatic N) is 2. The number of hydrogen-bond donors (Lipinski definition) is 1. The van der Waals surface area contributed by atoms with E-state index in [9.17, 15) is 9.59 Å². The summed E-state index contributed by atoms with van der Waals surface area (Å²) in [6.07, 6.45) is 1.68. The number of carboxylic acids is 1. The molecule has 2 atom stereocenters. The summed E-state index contributed by atoms with van der Waals surface area (Å²) in [5.74, 6) is -1.25. The van der Waals surface area contributed by atoms with E-state index in [1.807, 2.05) is 13.8 Å². The first-order chi connectivity index (χ1) is 8.01. The van der Waals surface area contributed by atoms with Crippen LogP contribution in [0.15, 0.2) is 12.7 Å². The van der Waals surface area contributed by atoms with E-state index in [1.54, 1.807) is 15.9 Å². The summed E-state index contributed by atoms with van der Waals surface area (Å²) in [7, 11) is 0. The highest BCUT2D eigenvalue weighted by atomic mass is 16.4. The van der Waals surface area contributed by atoms with Crippen LogP contribution in [0.4, 0.5) is 4.79 Å². The minimum Gasteiger partial charge on any atom is -0.481 e. The molecule has 0 aromatic carbocycles. The fourth-order valence-electron chi connectivity index (χ4n) is 2.14. The third-order valence-electron chi connectivity index (χ3n) is 3.20. The second-order valence-corrected chi connectivity index (χ2v) is 4.44. The average Bonchev–Trinajstić information content (AvgIpc) is 2.67. The normalized spacial score (nSPS) is 23.5. The van der Waals surface area contributed by atoms with Gasteiger partial charge >= 0.3 is 12.0 Å². The van der Waals surface area contributed by atoms with Gasteiger partial charge in [0.05, 0.1) is 5.92 Å². The summed E-state index contributed by atoms with van der Waals surface area (Å²) >= 11 is 0. The highest BCUT2D eigenvalue weighted by Gasteiger charge is 2.37. The molecule has 5 heteroatoms. The summed E-state index contributed by atoms with van der Waals surface area (Å²) in [6, 6.07) is -0.0944. The third-order valence-corrected chi connectivity index (χ3v) is 3.20. The Balaban J connectivity index is 2.66. The zero-order valence-corrected chi connectivity index (χ0v) is 10.4. The predicted octanol–water partition coefficient (Wildman–Crippen LogP) is 1.27. The molecule has 0 saturated carbocycles. The number of carbonyl (C=O) groups is 2. The summed E-state index contributed by atoms with van der Waals surface area (Å²) in [5, 5.41) is 9.01. The van der Waals surface area contributed by atoms with Gasteiger partial charge in [-0.15, -0.1) is 6.58 Å². The molecule has 0 aliphatic carbocycles. The lowest BCUT2D eigenvalue weighted by Gasteiger charge is -2.26. The van der Waals surface area contributed by atoms with Crippen LogP contribution in [-0.2, 0) is 4.79 Å². The monoisotopic (exact) mass is 240 g/mol. The number of carboxylic acid groups (broad SMARTS) is 1. The Morgan fingerprint density at radius 2 is 2.18 bits per heavy atom. The molecule has 0 radical (unpaired) electrons. The van der Waals surface area contributed by atoms with Crippen molar-refractivity contribution in [2.24, 2.45) is 11.8 Å². The van der Waals surface area contributed by atoms with Crippen molar-refractivity contribution in [3.63, 3.8) is 0 Å². The van der Waals surface area contributed by atoms with E-state index >= 15 is 0 Å². The predicted molar refractivity (Wildman–Crippen MR) is 64.7 cm³/mol. The summed E-state index contributed by atoms with van der Waals surface area (Å²) < 4.78 is 0. The first-order valence-electron chi connectivity index (χ1n) is 5.88.